The van der Waals surface area contributed by atoms with Crippen LogP contribution in [0, 0.1) is 0 Å². The molecular weight excluding hydrogens is 805 g/mol. The summed E-state index contributed by atoms with van der Waals surface area (Å²) in [6.45, 7) is 6.42. The van der Waals surface area contributed by atoms with Crippen LogP contribution in [0.2, 0.25) is 0 Å². The van der Waals surface area contributed by atoms with Crippen LogP contribution in [0.3, 0.4) is 0 Å². The molecule has 65 heavy (non-hydrogen) atoms. The maximum atomic E-state index is 12.8. The standard InChI is InChI=1S/C59H98O6/c1-4-7-10-13-16-19-22-25-27-29-31-34-37-40-43-46-49-52-58(61)64-55-56(54-63-57(60)51-48-45-42-39-36-33-24-21-18-15-12-9-6-3)65-59(62)53-50-47-44-41-38-35-32-30-28-26-23-20-17-14-11-8-5-2/h7,10,16-17,19-21,24-28,31,34,40,43,56H,4-6,8-9,11-15,18,22-23,29-30,32-33,35-39,41-42,44-55H2,1-3H3/b10-7+,19-16+,20-17+,24-21+,27-25+,28-26+,34-31+,43-40+/t56-/m1/s1. The first kappa shape index (κ1) is 61.3. The Morgan fingerprint density at radius 3 is 1.05 bits per heavy atom. The Kier molecular flexibility index (Phi) is 50.0. The molecule has 0 aromatic carbocycles. The molecule has 6 heteroatoms. The summed E-state index contributed by atoms with van der Waals surface area (Å²) in [6.07, 6.45) is 69.6. The molecule has 0 aliphatic heterocycles. The van der Waals surface area contributed by atoms with E-state index in [4.69, 9.17) is 14.2 Å². The van der Waals surface area contributed by atoms with Crippen LogP contribution in [0.4, 0.5) is 0 Å². The van der Waals surface area contributed by atoms with Crippen molar-refractivity contribution in [1.82, 2.24) is 0 Å². The highest BCUT2D eigenvalue weighted by atomic mass is 16.6. The van der Waals surface area contributed by atoms with Crippen LogP contribution < -0.4 is 0 Å². The molecule has 0 amide bonds. The van der Waals surface area contributed by atoms with Gasteiger partial charge in [0.25, 0.3) is 0 Å². The Bertz CT molecular complexity index is 1310. The fourth-order valence-electron chi connectivity index (χ4n) is 7.03. The predicted octanol–water partition coefficient (Wildman–Crippen LogP) is 17.8. The molecule has 0 spiro atoms. The van der Waals surface area contributed by atoms with E-state index < -0.39 is 6.10 Å². The lowest BCUT2D eigenvalue weighted by Crippen LogP contribution is -2.30. The van der Waals surface area contributed by atoms with Gasteiger partial charge in [-0.05, 0) is 116 Å². The van der Waals surface area contributed by atoms with E-state index in [1.807, 2.05) is 0 Å². The summed E-state index contributed by atoms with van der Waals surface area (Å²) < 4.78 is 16.8. The molecule has 0 heterocycles. The van der Waals surface area contributed by atoms with Gasteiger partial charge in [-0.3, -0.25) is 14.4 Å². The van der Waals surface area contributed by atoms with Gasteiger partial charge in [0.2, 0.25) is 0 Å². The first-order valence-electron chi connectivity index (χ1n) is 26.7. The van der Waals surface area contributed by atoms with E-state index in [1.54, 1.807) is 0 Å². The molecule has 0 N–H and O–H groups in total. The third kappa shape index (κ3) is 51.2. The third-order valence-electron chi connectivity index (χ3n) is 11.0. The van der Waals surface area contributed by atoms with Gasteiger partial charge >= 0.3 is 17.9 Å². The number of esters is 3. The highest BCUT2D eigenvalue weighted by Crippen LogP contribution is 2.13. The van der Waals surface area contributed by atoms with Gasteiger partial charge < -0.3 is 14.2 Å². The van der Waals surface area contributed by atoms with E-state index in [9.17, 15) is 14.4 Å². The van der Waals surface area contributed by atoms with Crippen molar-refractivity contribution in [2.24, 2.45) is 0 Å². The van der Waals surface area contributed by atoms with Crippen LogP contribution in [-0.4, -0.2) is 37.2 Å². The number of carbonyl (C=O) groups excluding carboxylic acids is 3. The van der Waals surface area contributed by atoms with E-state index in [0.29, 0.717) is 19.3 Å². The molecule has 0 saturated carbocycles. The number of rotatable bonds is 47. The Hall–Kier alpha value is -3.67. The van der Waals surface area contributed by atoms with Crippen LogP contribution in [0.1, 0.15) is 239 Å². The number of carbonyl (C=O) groups is 3. The van der Waals surface area contributed by atoms with Crippen LogP contribution in [0.25, 0.3) is 0 Å². The summed E-state index contributed by atoms with van der Waals surface area (Å²) in [5.41, 5.74) is 0. The minimum Gasteiger partial charge on any atom is -0.462 e. The van der Waals surface area contributed by atoms with E-state index in [-0.39, 0.29) is 37.5 Å². The molecule has 0 unspecified atom stereocenters. The second kappa shape index (κ2) is 52.9. The molecule has 0 aromatic rings. The van der Waals surface area contributed by atoms with Crippen molar-refractivity contribution in [3.05, 3.63) is 97.2 Å². The lowest BCUT2D eigenvalue weighted by molar-refractivity contribution is -0.167. The third-order valence-corrected chi connectivity index (χ3v) is 11.0. The number of hydrogen-bond donors (Lipinski definition) is 0. The molecule has 0 rings (SSSR count). The van der Waals surface area contributed by atoms with Gasteiger partial charge in [-0.1, -0.05) is 201 Å². The van der Waals surface area contributed by atoms with Crippen molar-refractivity contribution < 1.29 is 28.6 Å². The highest BCUT2D eigenvalue weighted by Gasteiger charge is 2.19. The molecule has 0 aliphatic rings. The molecular formula is C59H98O6. The van der Waals surface area contributed by atoms with Crippen molar-refractivity contribution in [2.45, 2.75) is 245 Å². The topological polar surface area (TPSA) is 78.9 Å². The van der Waals surface area contributed by atoms with Gasteiger partial charge in [0.15, 0.2) is 6.10 Å². The summed E-state index contributed by atoms with van der Waals surface area (Å²) in [6, 6.07) is 0. The predicted molar refractivity (Wildman–Crippen MR) is 279 cm³/mol. The number of hydrogen-bond acceptors (Lipinski definition) is 6. The SMILES string of the molecule is CC/C=C/C/C=C/C/C=C/C/C=C/C/C=C/CCCC(=O)OC[C@@H](COC(=O)CCCCCCC/C=C/CCCCCC)OC(=O)CCCCCCCCC/C=C/C/C=C/CCCCC. The zero-order chi connectivity index (χ0) is 47.2. The van der Waals surface area contributed by atoms with Gasteiger partial charge in [0.1, 0.15) is 13.2 Å². The average molecular weight is 903 g/mol. The van der Waals surface area contributed by atoms with Crippen LogP contribution in [0.15, 0.2) is 97.2 Å². The Morgan fingerprint density at radius 2 is 0.615 bits per heavy atom. The fourth-order valence-corrected chi connectivity index (χ4v) is 7.03. The smallest absolute Gasteiger partial charge is 0.306 e. The highest BCUT2D eigenvalue weighted by molar-refractivity contribution is 5.71. The van der Waals surface area contributed by atoms with Crippen molar-refractivity contribution in [1.29, 1.82) is 0 Å². The molecule has 1 atom stereocenters. The molecule has 0 radical (unpaired) electrons. The van der Waals surface area contributed by atoms with Crippen molar-refractivity contribution >= 4 is 17.9 Å². The number of unbranched alkanes of at least 4 members (excludes halogenated alkanes) is 20. The maximum absolute atomic E-state index is 12.8. The Balaban J connectivity index is 4.50. The largest absolute Gasteiger partial charge is 0.462 e. The van der Waals surface area contributed by atoms with E-state index >= 15 is 0 Å². The normalized spacial score (nSPS) is 12.8. The number of ether oxygens (including phenoxy) is 3. The fraction of sp³-hybridized carbons (Fsp3) is 0.678. The molecule has 6 nitrogen and oxygen atoms in total. The van der Waals surface area contributed by atoms with Crippen molar-refractivity contribution in [3.8, 4) is 0 Å². The minimum absolute atomic E-state index is 0.104. The quantitative estimate of drug-likeness (QED) is 0.0262. The van der Waals surface area contributed by atoms with Crippen molar-refractivity contribution in [3.63, 3.8) is 0 Å². The molecule has 370 valence electrons. The summed E-state index contributed by atoms with van der Waals surface area (Å²) in [5, 5.41) is 0. The molecule has 0 fully saturated rings. The average Bonchev–Trinajstić information content (AvgIpc) is 3.30. The monoisotopic (exact) mass is 903 g/mol. The summed E-state index contributed by atoms with van der Waals surface area (Å²) in [5.74, 6) is -0.982. The zero-order valence-electron chi connectivity index (χ0n) is 42.2. The molecule has 0 bridgehead atoms. The second-order valence-electron chi connectivity index (χ2n) is 17.4. The number of allylic oxidation sites excluding steroid dienone is 16. The lowest BCUT2D eigenvalue weighted by Gasteiger charge is -2.18. The summed E-state index contributed by atoms with van der Waals surface area (Å²) in [4.78, 5) is 38.0. The van der Waals surface area contributed by atoms with E-state index in [0.717, 1.165) is 103 Å². The van der Waals surface area contributed by atoms with E-state index in [2.05, 4.69) is 118 Å². The van der Waals surface area contributed by atoms with E-state index in [1.165, 1.54) is 89.9 Å². The van der Waals surface area contributed by atoms with Gasteiger partial charge in [0.05, 0.1) is 0 Å². The summed E-state index contributed by atoms with van der Waals surface area (Å²) in [7, 11) is 0. The minimum atomic E-state index is -0.808. The van der Waals surface area contributed by atoms with Crippen LogP contribution in [-0.2, 0) is 28.6 Å². The molecule has 0 saturated heterocycles. The van der Waals surface area contributed by atoms with Gasteiger partial charge in [0, 0.05) is 19.3 Å². The van der Waals surface area contributed by atoms with Gasteiger partial charge in [-0.25, -0.2) is 0 Å². The van der Waals surface area contributed by atoms with Gasteiger partial charge in [-0.15, -0.1) is 0 Å². The molecule has 0 aliphatic carbocycles. The lowest BCUT2D eigenvalue weighted by atomic mass is 10.1. The van der Waals surface area contributed by atoms with Gasteiger partial charge in [-0.2, -0.15) is 0 Å². The Morgan fingerprint density at radius 1 is 0.323 bits per heavy atom. The van der Waals surface area contributed by atoms with Crippen LogP contribution >= 0.6 is 0 Å². The van der Waals surface area contributed by atoms with Crippen molar-refractivity contribution in [2.75, 3.05) is 13.2 Å². The molecule has 0 aromatic heterocycles. The first-order valence-corrected chi connectivity index (χ1v) is 26.7. The summed E-state index contributed by atoms with van der Waals surface area (Å²) >= 11 is 0. The second-order valence-corrected chi connectivity index (χ2v) is 17.4. The van der Waals surface area contributed by atoms with Crippen LogP contribution in [0.5, 0.6) is 0 Å². The maximum Gasteiger partial charge on any atom is 0.306 e. The zero-order valence-corrected chi connectivity index (χ0v) is 42.2. The first-order chi connectivity index (χ1) is 32.0. The Labute approximate surface area is 400 Å².